The standard InChI is InChI=1S/C16H17NO4/c1-4-6-10-7-13-11(8-14(10)20-3)15(18)12(9-17-13)16(19)21-5-2/h4,6-9H,5H2,1-3H3,(H,17,18)/b6-4-. The average molecular weight is 287 g/mol. The molecule has 0 aliphatic heterocycles. The molecule has 1 N–H and O–H groups in total. The Morgan fingerprint density at radius 2 is 2.14 bits per heavy atom. The van der Waals surface area contributed by atoms with Crippen LogP contribution in [-0.2, 0) is 4.74 Å². The Kier molecular flexibility index (Phi) is 4.42. The van der Waals surface area contributed by atoms with E-state index in [-0.39, 0.29) is 17.6 Å². The summed E-state index contributed by atoms with van der Waals surface area (Å²) in [5, 5.41) is 0.394. The summed E-state index contributed by atoms with van der Waals surface area (Å²) >= 11 is 0. The molecule has 1 aromatic carbocycles. The molecule has 0 fully saturated rings. The summed E-state index contributed by atoms with van der Waals surface area (Å²) in [6.45, 7) is 3.82. The zero-order valence-electron chi connectivity index (χ0n) is 12.2. The van der Waals surface area contributed by atoms with Crippen LogP contribution in [0.15, 0.2) is 29.2 Å². The number of carbonyl (C=O) groups excluding carboxylic acids is 1. The van der Waals surface area contributed by atoms with Crippen molar-refractivity contribution >= 4 is 22.9 Å². The normalized spacial score (nSPS) is 11.0. The predicted octanol–water partition coefficient (Wildman–Crippen LogP) is 2.75. The molecule has 0 aliphatic rings. The first-order valence-corrected chi connectivity index (χ1v) is 6.65. The number of fused-ring (bicyclic) bond motifs is 1. The van der Waals surface area contributed by atoms with Crippen molar-refractivity contribution in [1.29, 1.82) is 0 Å². The summed E-state index contributed by atoms with van der Waals surface area (Å²) in [7, 11) is 1.54. The fourth-order valence-electron chi connectivity index (χ4n) is 2.11. The number of nitrogens with one attached hydrogen (secondary N) is 1. The molecule has 0 saturated carbocycles. The number of H-pyrrole nitrogens is 1. The van der Waals surface area contributed by atoms with E-state index in [4.69, 9.17) is 9.47 Å². The van der Waals surface area contributed by atoms with E-state index in [2.05, 4.69) is 4.98 Å². The van der Waals surface area contributed by atoms with E-state index in [9.17, 15) is 9.59 Å². The summed E-state index contributed by atoms with van der Waals surface area (Å²) in [6, 6.07) is 3.44. The molecule has 5 heteroatoms. The number of benzene rings is 1. The second-order valence-electron chi connectivity index (χ2n) is 4.39. The highest BCUT2D eigenvalue weighted by molar-refractivity contribution is 5.94. The van der Waals surface area contributed by atoms with Crippen LogP contribution in [0.25, 0.3) is 17.0 Å². The Labute approximate surface area is 122 Å². The maximum absolute atomic E-state index is 12.4. The third kappa shape index (κ3) is 2.81. The van der Waals surface area contributed by atoms with Gasteiger partial charge in [-0.3, -0.25) is 4.79 Å². The number of methoxy groups -OCH3 is 1. The molecule has 0 radical (unpaired) electrons. The molecule has 0 bridgehead atoms. The van der Waals surface area contributed by atoms with Gasteiger partial charge in [-0.2, -0.15) is 0 Å². The Balaban J connectivity index is 2.68. The van der Waals surface area contributed by atoms with Crippen molar-refractivity contribution in [2.45, 2.75) is 13.8 Å². The van der Waals surface area contributed by atoms with E-state index in [1.54, 1.807) is 13.0 Å². The van der Waals surface area contributed by atoms with Gasteiger partial charge in [-0.05, 0) is 26.0 Å². The Hall–Kier alpha value is -2.56. The Morgan fingerprint density at radius 1 is 1.38 bits per heavy atom. The molecule has 1 aromatic heterocycles. The van der Waals surface area contributed by atoms with Crippen molar-refractivity contribution in [1.82, 2.24) is 4.98 Å². The van der Waals surface area contributed by atoms with Gasteiger partial charge in [-0.1, -0.05) is 12.2 Å². The third-order valence-corrected chi connectivity index (χ3v) is 3.07. The van der Waals surface area contributed by atoms with Crippen molar-refractivity contribution in [2.24, 2.45) is 0 Å². The number of ether oxygens (including phenoxy) is 2. The molecular formula is C16H17NO4. The average Bonchev–Trinajstić information content (AvgIpc) is 2.47. The quantitative estimate of drug-likeness (QED) is 0.878. The minimum Gasteiger partial charge on any atom is -0.496 e. The van der Waals surface area contributed by atoms with Gasteiger partial charge in [0.15, 0.2) is 0 Å². The molecule has 5 nitrogen and oxygen atoms in total. The SMILES string of the molecule is C/C=C\c1cc2[nH]cc(C(=O)OCC)c(=O)c2cc1OC. The smallest absolute Gasteiger partial charge is 0.343 e. The number of carbonyl (C=O) groups is 1. The molecule has 0 unspecified atom stereocenters. The highest BCUT2D eigenvalue weighted by Gasteiger charge is 2.15. The summed E-state index contributed by atoms with van der Waals surface area (Å²) in [5.41, 5.74) is 1.12. The van der Waals surface area contributed by atoms with Crippen molar-refractivity contribution in [2.75, 3.05) is 13.7 Å². The fraction of sp³-hybridized carbons (Fsp3) is 0.250. The molecule has 0 amide bonds. The van der Waals surface area contributed by atoms with Crippen molar-refractivity contribution in [3.05, 3.63) is 45.8 Å². The number of hydrogen-bond acceptors (Lipinski definition) is 4. The van der Waals surface area contributed by atoms with Gasteiger partial charge in [-0.25, -0.2) is 4.79 Å². The first kappa shape index (κ1) is 14.8. The van der Waals surface area contributed by atoms with Crippen LogP contribution >= 0.6 is 0 Å². The van der Waals surface area contributed by atoms with Crippen LogP contribution in [-0.4, -0.2) is 24.7 Å². The van der Waals surface area contributed by atoms with Crippen molar-refractivity contribution < 1.29 is 14.3 Å². The molecule has 0 saturated heterocycles. The lowest BCUT2D eigenvalue weighted by atomic mass is 10.1. The zero-order chi connectivity index (χ0) is 15.4. The fourth-order valence-corrected chi connectivity index (χ4v) is 2.11. The minimum absolute atomic E-state index is 0.00909. The van der Waals surface area contributed by atoms with Crippen LogP contribution in [0, 0.1) is 0 Å². The van der Waals surface area contributed by atoms with E-state index < -0.39 is 5.97 Å². The molecule has 0 atom stereocenters. The lowest BCUT2D eigenvalue weighted by Crippen LogP contribution is -2.18. The van der Waals surface area contributed by atoms with Crippen LogP contribution in [0.1, 0.15) is 29.8 Å². The highest BCUT2D eigenvalue weighted by atomic mass is 16.5. The first-order chi connectivity index (χ1) is 10.1. The number of allylic oxidation sites excluding steroid dienone is 1. The number of rotatable bonds is 4. The maximum Gasteiger partial charge on any atom is 0.343 e. The number of aromatic amines is 1. The minimum atomic E-state index is -0.628. The molecule has 0 aliphatic carbocycles. The predicted molar refractivity (Wildman–Crippen MR) is 81.8 cm³/mol. The van der Waals surface area contributed by atoms with E-state index >= 15 is 0 Å². The van der Waals surface area contributed by atoms with Crippen LogP contribution < -0.4 is 10.2 Å². The molecule has 0 spiro atoms. The molecular weight excluding hydrogens is 270 g/mol. The van der Waals surface area contributed by atoms with Crippen LogP contribution in [0.2, 0.25) is 0 Å². The lowest BCUT2D eigenvalue weighted by molar-refractivity contribution is 0.0524. The van der Waals surface area contributed by atoms with Gasteiger partial charge >= 0.3 is 5.97 Å². The summed E-state index contributed by atoms with van der Waals surface area (Å²) in [6.07, 6.45) is 5.15. The largest absolute Gasteiger partial charge is 0.496 e. The lowest BCUT2D eigenvalue weighted by Gasteiger charge is -2.08. The first-order valence-electron chi connectivity index (χ1n) is 6.65. The summed E-state index contributed by atoms with van der Waals surface area (Å²) in [5.74, 6) is -0.0516. The Bertz CT molecular complexity index is 759. The topological polar surface area (TPSA) is 68.4 Å². The molecule has 1 heterocycles. The van der Waals surface area contributed by atoms with E-state index in [0.29, 0.717) is 16.7 Å². The molecule has 2 aromatic rings. The van der Waals surface area contributed by atoms with E-state index in [1.165, 1.54) is 13.3 Å². The number of hydrogen-bond donors (Lipinski definition) is 1. The number of pyridine rings is 1. The number of esters is 1. The highest BCUT2D eigenvalue weighted by Crippen LogP contribution is 2.24. The van der Waals surface area contributed by atoms with Gasteiger partial charge in [0.1, 0.15) is 11.3 Å². The monoisotopic (exact) mass is 287 g/mol. The van der Waals surface area contributed by atoms with Crippen LogP contribution in [0.4, 0.5) is 0 Å². The molecule has 21 heavy (non-hydrogen) atoms. The summed E-state index contributed by atoms with van der Waals surface area (Å²) < 4.78 is 10.2. The second-order valence-corrected chi connectivity index (χ2v) is 4.39. The number of aromatic nitrogens is 1. The van der Waals surface area contributed by atoms with Gasteiger partial charge < -0.3 is 14.5 Å². The van der Waals surface area contributed by atoms with E-state index in [0.717, 1.165) is 5.56 Å². The molecule has 110 valence electrons. The third-order valence-electron chi connectivity index (χ3n) is 3.07. The second kappa shape index (κ2) is 6.26. The van der Waals surface area contributed by atoms with Gasteiger partial charge in [0.05, 0.1) is 24.6 Å². The van der Waals surface area contributed by atoms with Gasteiger partial charge in [0.25, 0.3) is 0 Å². The van der Waals surface area contributed by atoms with Crippen molar-refractivity contribution in [3.8, 4) is 5.75 Å². The molecule has 2 rings (SSSR count). The van der Waals surface area contributed by atoms with Gasteiger partial charge in [0.2, 0.25) is 5.43 Å². The summed E-state index contributed by atoms with van der Waals surface area (Å²) in [4.78, 5) is 27.1. The maximum atomic E-state index is 12.4. The van der Waals surface area contributed by atoms with E-state index in [1.807, 2.05) is 25.1 Å². The van der Waals surface area contributed by atoms with Gasteiger partial charge in [0, 0.05) is 11.8 Å². The van der Waals surface area contributed by atoms with Crippen LogP contribution in [0.3, 0.4) is 0 Å². The van der Waals surface area contributed by atoms with Crippen LogP contribution in [0.5, 0.6) is 5.75 Å². The Morgan fingerprint density at radius 3 is 2.76 bits per heavy atom. The van der Waals surface area contributed by atoms with Crippen molar-refractivity contribution in [3.63, 3.8) is 0 Å². The van der Waals surface area contributed by atoms with Gasteiger partial charge in [-0.15, -0.1) is 0 Å². The zero-order valence-corrected chi connectivity index (χ0v) is 12.2.